The average molecular weight is 234 g/mol. The molecule has 92 valence electrons. The molecule has 4 heteroatoms. The summed E-state index contributed by atoms with van der Waals surface area (Å²) in [5.41, 5.74) is 6.55. The lowest BCUT2D eigenvalue weighted by Gasteiger charge is -2.38. The van der Waals surface area contributed by atoms with Crippen LogP contribution in [0, 0.1) is 0 Å². The number of carbonyl (C=O) groups excluding carboxylic acids is 1. The molecule has 17 heavy (non-hydrogen) atoms. The Hall–Kier alpha value is -1.39. The van der Waals surface area contributed by atoms with Gasteiger partial charge < -0.3 is 15.4 Å². The third-order valence-corrected chi connectivity index (χ3v) is 3.05. The summed E-state index contributed by atoms with van der Waals surface area (Å²) in [6.45, 7) is 3.17. The summed E-state index contributed by atoms with van der Waals surface area (Å²) in [7, 11) is 0. The summed E-state index contributed by atoms with van der Waals surface area (Å²) in [5.74, 6) is -0.0194. The fourth-order valence-electron chi connectivity index (χ4n) is 2.15. The second kappa shape index (κ2) is 5.29. The zero-order valence-electron chi connectivity index (χ0n) is 10.0. The summed E-state index contributed by atoms with van der Waals surface area (Å²) in [4.78, 5) is 13.7. The van der Waals surface area contributed by atoms with E-state index in [1.807, 2.05) is 42.2 Å². The van der Waals surface area contributed by atoms with Crippen LogP contribution in [0.5, 0.6) is 0 Å². The number of nitrogens with two attached hydrogens (primary N) is 1. The summed E-state index contributed by atoms with van der Waals surface area (Å²) < 4.78 is 5.64. The van der Waals surface area contributed by atoms with Crippen molar-refractivity contribution in [3.05, 3.63) is 35.9 Å². The maximum atomic E-state index is 11.8. The van der Waals surface area contributed by atoms with Crippen molar-refractivity contribution in [1.29, 1.82) is 0 Å². The van der Waals surface area contributed by atoms with Gasteiger partial charge in [0.05, 0.1) is 25.3 Å². The monoisotopic (exact) mass is 234 g/mol. The maximum Gasteiger partial charge on any atom is 0.236 e. The summed E-state index contributed by atoms with van der Waals surface area (Å²) in [6.07, 6.45) is 0.0745. The molecule has 2 N–H and O–H groups in total. The molecule has 1 aromatic rings. The molecule has 2 rings (SSSR count). The molecule has 0 spiro atoms. The van der Waals surface area contributed by atoms with E-state index in [1.165, 1.54) is 0 Å². The zero-order chi connectivity index (χ0) is 12.3. The first kappa shape index (κ1) is 12.1. The van der Waals surface area contributed by atoms with Crippen molar-refractivity contribution in [1.82, 2.24) is 4.90 Å². The Labute approximate surface area is 101 Å². The van der Waals surface area contributed by atoms with E-state index in [0.29, 0.717) is 13.2 Å². The highest BCUT2D eigenvalue weighted by Gasteiger charge is 2.30. The van der Waals surface area contributed by atoms with Crippen LogP contribution in [0.3, 0.4) is 0 Å². The molecule has 1 aliphatic heterocycles. The van der Waals surface area contributed by atoms with Crippen LogP contribution in [-0.4, -0.2) is 36.6 Å². The number of amides is 1. The molecular weight excluding hydrogens is 216 g/mol. The van der Waals surface area contributed by atoms with Crippen LogP contribution in [0.15, 0.2) is 30.3 Å². The SMILES string of the molecule is C[C@@H]1CN(C(=O)CN)[C@H](c2ccccc2)CO1. The minimum absolute atomic E-state index is 0.0107. The van der Waals surface area contributed by atoms with Crippen molar-refractivity contribution >= 4 is 5.91 Å². The topological polar surface area (TPSA) is 55.6 Å². The van der Waals surface area contributed by atoms with Gasteiger partial charge in [-0.15, -0.1) is 0 Å². The summed E-state index contributed by atoms with van der Waals surface area (Å²) >= 11 is 0. The third-order valence-electron chi connectivity index (χ3n) is 3.05. The molecule has 0 aromatic heterocycles. The second-order valence-electron chi connectivity index (χ2n) is 4.32. The fraction of sp³-hybridized carbons (Fsp3) is 0.462. The van der Waals surface area contributed by atoms with Crippen LogP contribution in [-0.2, 0) is 9.53 Å². The fourth-order valence-corrected chi connectivity index (χ4v) is 2.15. The molecule has 1 aliphatic rings. The Morgan fingerprint density at radius 3 is 2.82 bits per heavy atom. The predicted octanol–water partition coefficient (Wildman–Crippen LogP) is 0.934. The number of benzene rings is 1. The first-order valence-electron chi connectivity index (χ1n) is 5.88. The van der Waals surface area contributed by atoms with Gasteiger partial charge in [0.2, 0.25) is 5.91 Å². The minimum atomic E-state index is -0.0194. The van der Waals surface area contributed by atoms with Gasteiger partial charge in [-0.25, -0.2) is 0 Å². The summed E-state index contributed by atoms with van der Waals surface area (Å²) in [5, 5.41) is 0. The molecule has 1 aromatic carbocycles. The Morgan fingerprint density at radius 1 is 1.47 bits per heavy atom. The van der Waals surface area contributed by atoms with Crippen molar-refractivity contribution in [2.24, 2.45) is 5.73 Å². The van der Waals surface area contributed by atoms with Crippen molar-refractivity contribution in [3.63, 3.8) is 0 Å². The lowest BCUT2D eigenvalue weighted by molar-refractivity contribution is -0.143. The van der Waals surface area contributed by atoms with Crippen LogP contribution in [0.25, 0.3) is 0 Å². The molecule has 0 radical (unpaired) electrons. The lowest BCUT2D eigenvalue weighted by Crippen LogP contribution is -2.48. The van der Waals surface area contributed by atoms with E-state index in [-0.39, 0.29) is 24.6 Å². The number of rotatable bonds is 2. The van der Waals surface area contributed by atoms with E-state index in [4.69, 9.17) is 10.5 Å². The maximum absolute atomic E-state index is 11.8. The van der Waals surface area contributed by atoms with Gasteiger partial charge in [-0.3, -0.25) is 4.79 Å². The van der Waals surface area contributed by atoms with Gasteiger partial charge in [-0.05, 0) is 12.5 Å². The Kier molecular flexibility index (Phi) is 3.76. The van der Waals surface area contributed by atoms with E-state index < -0.39 is 0 Å². The van der Waals surface area contributed by atoms with Crippen molar-refractivity contribution in [2.75, 3.05) is 19.7 Å². The number of hydrogen-bond donors (Lipinski definition) is 1. The van der Waals surface area contributed by atoms with E-state index in [2.05, 4.69) is 0 Å². The van der Waals surface area contributed by atoms with Gasteiger partial charge in [-0.1, -0.05) is 30.3 Å². The first-order valence-corrected chi connectivity index (χ1v) is 5.88. The second-order valence-corrected chi connectivity index (χ2v) is 4.32. The minimum Gasteiger partial charge on any atom is -0.374 e. The molecule has 1 fully saturated rings. The average Bonchev–Trinajstić information content (AvgIpc) is 2.38. The molecule has 0 aliphatic carbocycles. The predicted molar refractivity (Wildman–Crippen MR) is 65.4 cm³/mol. The molecule has 0 bridgehead atoms. The Balaban J connectivity index is 2.22. The number of nitrogens with zero attached hydrogens (tertiary/aromatic N) is 1. The standard InChI is InChI=1S/C13H18N2O2/c1-10-8-15(13(16)7-14)12(9-17-10)11-5-3-2-4-6-11/h2-6,10,12H,7-9,14H2,1H3/t10-,12+/m1/s1. The van der Waals surface area contributed by atoms with E-state index in [1.54, 1.807) is 0 Å². The van der Waals surface area contributed by atoms with Crippen LogP contribution < -0.4 is 5.73 Å². The molecule has 2 atom stereocenters. The van der Waals surface area contributed by atoms with Gasteiger partial charge >= 0.3 is 0 Å². The number of morpholine rings is 1. The molecule has 4 nitrogen and oxygen atoms in total. The molecule has 0 unspecified atom stereocenters. The molecule has 1 amide bonds. The normalized spacial score (nSPS) is 24.7. The van der Waals surface area contributed by atoms with Gasteiger partial charge in [0.15, 0.2) is 0 Å². The highest BCUT2D eigenvalue weighted by molar-refractivity contribution is 5.78. The Morgan fingerprint density at radius 2 is 2.18 bits per heavy atom. The largest absolute Gasteiger partial charge is 0.374 e. The molecule has 1 saturated heterocycles. The smallest absolute Gasteiger partial charge is 0.236 e. The van der Waals surface area contributed by atoms with E-state index >= 15 is 0 Å². The van der Waals surface area contributed by atoms with Gasteiger partial charge in [0, 0.05) is 6.54 Å². The summed E-state index contributed by atoms with van der Waals surface area (Å²) in [6, 6.07) is 9.92. The van der Waals surface area contributed by atoms with Crippen LogP contribution in [0.1, 0.15) is 18.5 Å². The number of carbonyl (C=O) groups is 1. The van der Waals surface area contributed by atoms with E-state index in [9.17, 15) is 4.79 Å². The highest BCUT2D eigenvalue weighted by atomic mass is 16.5. The lowest BCUT2D eigenvalue weighted by atomic mass is 10.0. The number of hydrogen-bond acceptors (Lipinski definition) is 3. The van der Waals surface area contributed by atoms with Gasteiger partial charge in [0.25, 0.3) is 0 Å². The molecule has 0 saturated carbocycles. The third kappa shape index (κ3) is 2.65. The van der Waals surface area contributed by atoms with Crippen molar-refractivity contribution in [2.45, 2.75) is 19.1 Å². The Bertz CT molecular complexity index is 380. The van der Waals surface area contributed by atoms with Crippen molar-refractivity contribution < 1.29 is 9.53 Å². The van der Waals surface area contributed by atoms with Crippen molar-refractivity contribution in [3.8, 4) is 0 Å². The van der Waals surface area contributed by atoms with Gasteiger partial charge in [0.1, 0.15) is 0 Å². The first-order chi connectivity index (χ1) is 8.22. The molecular formula is C13H18N2O2. The highest BCUT2D eigenvalue weighted by Crippen LogP contribution is 2.25. The quantitative estimate of drug-likeness (QED) is 0.828. The van der Waals surface area contributed by atoms with Gasteiger partial charge in [-0.2, -0.15) is 0 Å². The van der Waals surface area contributed by atoms with Crippen LogP contribution in [0.2, 0.25) is 0 Å². The number of ether oxygens (including phenoxy) is 1. The van der Waals surface area contributed by atoms with Crippen LogP contribution in [0.4, 0.5) is 0 Å². The van der Waals surface area contributed by atoms with Crippen LogP contribution >= 0.6 is 0 Å². The molecule has 1 heterocycles. The van der Waals surface area contributed by atoms with E-state index in [0.717, 1.165) is 5.56 Å². The zero-order valence-corrected chi connectivity index (χ0v) is 10.0.